The summed E-state index contributed by atoms with van der Waals surface area (Å²) in [5, 5.41) is 19.5. The second-order valence-electron chi connectivity index (χ2n) is 4.98. The fourth-order valence-corrected chi connectivity index (χ4v) is 2.46. The third-order valence-corrected chi connectivity index (χ3v) is 3.50. The zero-order valence-corrected chi connectivity index (χ0v) is 10.7. The smallest absolute Gasteiger partial charge is 0.303 e. The van der Waals surface area contributed by atoms with Crippen molar-refractivity contribution >= 4 is 11.7 Å². The van der Waals surface area contributed by atoms with E-state index < -0.39 is 5.97 Å². The van der Waals surface area contributed by atoms with Gasteiger partial charge in [0, 0.05) is 31.3 Å². The van der Waals surface area contributed by atoms with Crippen LogP contribution in [0.15, 0.2) is 18.2 Å². The van der Waals surface area contributed by atoms with Gasteiger partial charge in [0.2, 0.25) is 0 Å². The van der Waals surface area contributed by atoms with Gasteiger partial charge >= 0.3 is 5.97 Å². The fourth-order valence-electron chi connectivity index (χ4n) is 2.46. The Hall–Kier alpha value is -1.95. The van der Waals surface area contributed by atoms with Crippen molar-refractivity contribution in [3.63, 3.8) is 0 Å². The molecule has 0 spiro atoms. The number of benzene rings is 1. The summed E-state index contributed by atoms with van der Waals surface area (Å²) < 4.78 is 0. The zero-order chi connectivity index (χ0) is 14.0. The van der Waals surface area contributed by atoms with Gasteiger partial charge in [-0.3, -0.25) is 19.8 Å². The lowest BCUT2D eigenvalue weighted by atomic mass is 9.95. The number of likely N-dealkylation sites (tertiary alicyclic amines) is 1. The van der Waals surface area contributed by atoms with E-state index in [9.17, 15) is 14.9 Å². The molecule has 1 aliphatic rings. The van der Waals surface area contributed by atoms with Gasteiger partial charge in [0.1, 0.15) is 0 Å². The van der Waals surface area contributed by atoms with Gasteiger partial charge in [0.05, 0.1) is 11.3 Å². The minimum Gasteiger partial charge on any atom is -0.481 e. The summed E-state index contributed by atoms with van der Waals surface area (Å²) >= 11 is 0. The van der Waals surface area contributed by atoms with E-state index >= 15 is 0 Å². The van der Waals surface area contributed by atoms with Gasteiger partial charge in [-0.05, 0) is 18.4 Å². The molecular weight excluding hydrogens is 248 g/mol. The van der Waals surface area contributed by atoms with Gasteiger partial charge in [-0.15, -0.1) is 0 Å². The molecule has 1 fully saturated rings. The Morgan fingerprint density at radius 1 is 1.53 bits per heavy atom. The Labute approximate surface area is 110 Å². The first-order valence-electron chi connectivity index (χ1n) is 6.14. The minimum absolute atomic E-state index is 0.139. The first-order chi connectivity index (χ1) is 8.97. The number of rotatable bonds is 5. The molecule has 0 bridgehead atoms. The van der Waals surface area contributed by atoms with Crippen LogP contribution in [0.3, 0.4) is 0 Å². The van der Waals surface area contributed by atoms with Crippen molar-refractivity contribution in [2.45, 2.75) is 19.9 Å². The summed E-state index contributed by atoms with van der Waals surface area (Å²) in [6.45, 7) is 3.88. The molecule has 2 rings (SSSR count). The van der Waals surface area contributed by atoms with Gasteiger partial charge in [-0.25, -0.2) is 0 Å². The molecule has 1 aliphatic heterocycles. The van der Waals surface area contributed by atoms with Crippen LogP contribution in [0.25, 0.3) is 0 Å². The fraction of sp³-hybridized carbons (Fsp3) is 0.462. The SMILES string of the molecule is Cc1c(CN2CC(CC(=O)O)C2)cccc1[N+](=O)[O-]. The summed E-state index contributed by atoms with van der Waals surface area (Å²) in [6.07, 6.45) is 0.199. The molecule has 1 N–H and O–H groups in total. The Bertz CT molecular complexity index is 509. The van der Waals surface area contributed by atoms with Gasteiger partial charge in [-0.1, -0.05) is 12.1 Å². The number of carboxylic acids is 1. The van der Waals surface area contributed by atoms with Crippen molar-refractivity contribution in [1.82, 2.24) is 4.90 Å². The summed E-state index contributed by atoms with van der Waals surface area (Å²) in [5.74, 6) is -0.562. The molecule has 0 unspecified atom stereocenters. The molecule has 0 atom stereocenters. The van der Waals surface area contributed by atoms with Gasteiger partial charge in [-0.2, -0.15) is 0 Å². The average molecular weight is 264 g/mol. The van der Waals surface area contributed by atoms with E-state index in [0.717, 1.165) is 18.7 Å². The molecule has 6 nitrogen and oxygen atoms in total. The number of nitro benzene ring substituents is 1. The molecule has 1 aromatic carbocycles. The Balaban J connectivity index is 1.96. The third kappa shape index (κ3) is 3.08. The highest BCUT2D eigenvalue weighted by Gasteiger charge is 2.29. The van der Waals surface area contributed by atoms with Crippen molar-refractivity contribution in [3.05, 3.63) is 39.4 Å². The Kier molecular flexibility index (Phi) is 3.80. The lowest BCUT2D eigenvalue weighted by Crippen LogP contribution is -2.46. The maximum atomic E-state index is 10.8. The summed E-state index contributed by atoms with van der Waals surface area (Å²) in [5.41, 5.74) is 1.76. The summed E-state index contributed by atoms with van der Waals surface area (Å²) in [4.78, 5) is 23.1. The van der Waals surface area contributed by atoms with E-state index in [2.05, 4.69) is 4.90 Å². The van der Waals surface area contributed by atoms with Crippen LogP contribution in [0.2, 0.25) is 0 Å². The highest BCUT2D eigenvalue weighted by Crippen LogP contribution is 2.26. The normalized spacial score (nSPS) is 16.1. The van der Waals surface area contributed by atoms with Crippen molar-refractivity contribution in [1.29, 1.82) is 0 Å². The van der Waals surface area contributed by atoms with Crippen molar-refractivity contribution in [2.75, 3.05) is 13.1 Å². The van der Waals surface area contributed by atoms with E-state index in [4.69, 9.17) is 5.11 Å². The van der Waals surface area contributed by atoms with E-state index in [1.807, 2.05) is 6.07 Å². The molecule has 1 saturated heterocycles. The van der Waals surface area contributed by atoms with Crippen molar-refractivity contribution in [2.24, 2.45) is 5.92 Å². The highest BCUT2D eigenvalue weighted by molar-refractivity contribution is 5.67. The quantitative estimate of drug-likeness (QED) is 0.647. The molecule has 102 valence electrons. The molecule has 1 aromatic rings. The third-order valence-electron chi connectivity index (χ3n) is 3.50. The summed E-state index contributed by atoms with van der Waals surface area (Å²) in [7, 11) is 0. The number of nitro groups is 1. The molecule has 0 saturated carbocycles. The highest BCUT2D eigenvalue weighted by atomic mass is 16.6. The molecule has 0 amide bonds. The van der Waals surface area contributed by atoms with Gasteiger partial charge in [0.25, 0.3) is 5.69 Å². The Morgan fingerprint density at radius 2 is 2.21 bits per heavy atom. The molecule has 6 heteroatoms. The molecule has 0 aliphatic carbocycles. The predicted octanol–water partition coefficient (Wildman–Crippen LogP) is 1.81. The van der Waals surface area contributed by atoms with E-state index in [0.29, 0.717) is 12.1 Å². The molecule has 0 aromatic heterocycles. The first kappa shape index (κ1) is 13.5. The molecule has 19 heavy (non-hydrogen) atoms. The Morgan fingerprint density at radius 3 is 2.79 bits per heavy atom. The van der Waals surface area contributed by atoms with Gasteiger partial charge in [0.15, 0.2) is 0 Å². The maximum Gasteiger partial charge on any atom is 0.303 e. The largest absolute Gasteiger partial charge is 0.481 e. The van der Waals surface area contributed by atoms with Crippen LogP contribution < -0.4 is 0 Å². The predicted molar refractivity (Wildman–Crippen MR) is 68.9 cm³/mol. The molecule has 0 radical (unpaired) electrons. The summed E-state index contributed by atoms with van der Waals surface area (Å²) in [6, 6.07) is 5.07. The number of hydrogen-bond acceptors (Lipinski definition) is 4. The second kappa shape index (κ2) is 5.36. The van der Waals surface area contributed by atoms with Crippen LogP contribution in [-0.4, -0.2) is 34.0 Å². The number of carbonyl (C=O) groups is 1. The number of nitrogens with zero attached hydrogens (tertiary/aromatic N) is 2. The molecular formula is C13H16N2O4. The average Bonchev–Trinajstić information content (AvgIpc) is 2.27. The number of carboxylic acid groups (broad SMARTS) is 1. The van der Waals surface area contributed by atoms with Crippen molar-refractivity contribution < 1.29 is 14.8 Å². The second-order valence-corrected chi connectivity index (χ2v) is 4.98. The van der Waals surface area contributed by atoms with Crippen LogP contribution in [0.4, 0.5) is 5.69 Å². The van der Waals surface area contributed by atoms with Crippen LogP contribution in [0, 0.1) is 23.0 Å². The van der Waals surface area contributed by atoms with Gasteiger partial charge < -0.3 is 5.11 Å². The monoisotopic (exact) mass is 264 g/mol. The maximum absolute atomic E-state index is 10.8. The van der Waals surface area contributed by atoms with Crippen LogP contribution >= 0.6 is 0 Å². The van der Waals surface area contributed by atoms with E-state index in [-0.39, 0.29) is 22.9 Å². The van der Waals surface area contributed by atoms with Crippen LogP contribution in [0.5, 0.6) is 0 Å². The minimum atomic E-state index is -0.767. The number of aliphatic carboxylic acids is 1. The van der Waals surface area contributed by atoms with Crippen LogP contribution in [-0.2, 0) is 11.3 Å². The standard InChI is InChI=1S/C13H16N2O4/c1-9-11(3-2-4-12(9)15(18)19)8-14-6-10(7-14)5-13(16)17/h2-4,10H,5-8H2,1H3,(H,16,17). The lowest BCUT2D eigenvalue weighted by Gasteiger charge is -2.38. The number of hydrogen-bond donors (Lipinski definition) is 1. The van der Waals surface area contributed by atoms with Crippen LogP contribution in [0.1, 0.15) is 17.5 Å². The van der Waals surface area contributed by atoms with Crippen molar-refractivity contribution in [3.8, 4) is 0 Å². The lowest BCUT2D eigenvalue weighted by molar-refractivity contribution is -0.385. The first-order valence-corrected chi connectivity index (χ1v) is 6.14. The van der Waals surface area contributed by atoms with E-state index in [1.165, 1.54) is 6.07 Å². The van der Waals surface area contributed by atoms with E-state index in [1.54, 1.807) is 13.0 Å². The zero-order valence-electron chi connectivity index (χ0n) is 10.7. The topological polar surface area (TPSA) is 83.7 Å². The molecule has 1 heterocycles.